The predicted octanol–water partition coefficient (Wildman–Crippen LogP) is 1.75. The first-order valence-corrected chi connectivity index (χ1v) is 5.29. The molecular formula is C12H11NO7. The molecule has 1 rings (SSSR count). The van der Waals surface area contributed by atoms with Crippen molar-refractivity contribution in [1.82, 2.24) is 0 Å². The lowest BCUT2D eigenvalue weighted by Gasteiger charge is -2.08. The smallest absolute Gasteiger partial charge is 0.342 e. The fraction of sp³-hybridized carbons (Fsp3) is 0.167. The molecule has 0 saturated carbocycles. The van der Waals surface area contributed by atoms with E-state index in [9.17, 15) is 24.8 Å². The summed E-state index contributed by atoms with van der Waals surface area (Å²) in [4.78, 5) is 32.5. The lowest BCUT2D eigenvalue weighted by Crippen LogP contribution is -2.09. The molecule has 0 aliphatic heterocycles. The van der Waals surface area contributed by atoms with Crippen LogP contribution in [0.4, 0.5) is 5.69 Å². The fourth-order valence-electron chi connectivity index (χ4n) is 1.58. The Morgan fingerprint density at radius 2 is 1.90 bits per heavy atom. The quantitative estimate of drug-likeness (QED) is 0.283. The van der Waals surface area contributed by atoms with Crippen LogP contribution in [0.1, 0.15) is 22.8 Å². The normalized spacial score (nSPS) is 11.5. The monoisotopic (exact) mass is 281 g/mol. The maximum absolute atomic E-state index is 11.6. The van der Waals surface area contributed by atoms with Gasteiger partial charge in [-0.15, -0.1) is 0 Å². The Morgan fingerprint density at radius 3 is 2.30 bits per heavy atom. The number of rotatable bonds is 4. The highest BCUT2D eigenvalue weighted by Gasteiger charge is 2.26. The second-order valence-corrected chi connectivity index (χ2v) is 3.75. The van der Waals surface area contributed by atoms with Crippen molar-refractivity contribution in [2.24, 2.45) is 0 Å². The molecule has 0 aliphatic carbocycles. The number of ether oxygens (including phenoxy) is 1. The summed E-state index contributed by atoms with van der Waals surface area (Å²) < 4.78 is 4.44. The molecule has 0 atom stereocenters. The maximum atomic E-state index is 11.6. The second kappa shape index (κ2) is 5.83. The fourth-order valence-corrected chi connectivity index (χ4v) is 1.58. The van der Waals surface area contributed by atoms with Gasteiger partial charge < -0.3 is 14.9 Å². The average molecular weight is 281 g/mol. The van der Waals surface area contributed by atoms with Gasteiger partial charge in [0.2, 0.25) is 0 Å². The predicted molar refractivity (Wildman–Crippen MR) is 67.3 cm³/mol. The van der Waals surface area contributed by atoms with Crippen LogP contribution in [-0.2, 0) is 9.53 Å². The van der Waals surface area contributed by atoms with Crippen molar-refractivity contribution in [3.63, 3.8) is 0 Å². The standard InChI is InChI=1S/C12H11NO7/c1-6(14)10(12(17)20-2)8-4-3-7(11(15)16)5-9(8)13(18)19/h3-5,14H,1-2H3,(H,15,16)/b10-6-. The number of hydrogen-bond donors (Lipinski definition) is 2. The van der Waals surface area contributed by atoms with Gasteiger partial charge in [0, 0.05) is 6.07 Å². The summed E-state index contributed by atoms with van der Waals surface area (Å²) >= 11 is 0. The Labute approximate surface area is 113 Å². The Balaban J connectivity index is 3.59. The Hall–Kier alpha value is -2.90. The Bertz CT molecular complexity index is 614. The number of carboxylic acid groups (broad SMARTS) is 1. The molecule has 1 aromatic rings. The van der Waals surface area contributed by atoms with Gasteiger partial charge in [-0.05, 0) is 19.1 Å². The molecule has 0 radical (unpaired) electrons. The third-order valence-electron chi connectivity index (χ3n) is 2.46. The number of esters is 1. The van der Waals surface area contributed by atoms with E-state index < -0.39 is 33.9 Å². The van der Waals surface area contributed by atoms with E-state index in [-0.39, 0.29) is 11.1 Å². The van der Waals surface area contributed by atoms with E-state index in [4.69, 9.17) is 5.11 Å². The number of carbonyl (C=O) groups is 2. The van der Waals surface area contributed by atoms with Crippen molar-refractivity contribution >= 4 is 23.2 Å². The van der Waals surface area contributed by atoms with Crippen LogP contribution in [0.25, 0.3) is 5.57 Å². The van der Waals surface area contributed by atoms with Gasteiger partial charge in [0.25, 0.3) is 5.69 Å². The number of nitrogens with zero attached hydrogens (tertiary/aromatic N) is 1. The van der Waals surface area contributed by atoms with Crippen molar-refractivity contribution in [3.8, 4) is 0 Å². The molecule has 0 aromatic heterocycles. The van der Waals surface area contributed by atoms with Gasteiger partial charge in [0.1, 0.15) is 11.3 Å². The van der Waals surface area contributed by atoms with Gasteiger partial charge >= 0.3 is 11.9 Å². The molecule has 0 heterocycles. The first kappa shape index (κ1) is 15.2. The number of aliphatic hydroxyl groups excluding tert-OH is 1. The number of benzene rings is 1. The first-order valence-electron chi connectivity index (χ1n) is 5.29. The summed E-state index contributed by atoms with van der Waals surface area (Å²) in [6, 6.07) is 2.98. The maximum Gasteiger partial charge on any atom is 0.342 e. The summed E-state index contributed by atoms with van der Waals surface area (Å²) in [5.74, 6) is -2.77. The number of allylic oxidation sites excluding steroid dienone is 1. The Kier molecular flexibility index (Phi) is 4.42. The third-order valence-corrected chi connectivity index (χ3v) is 2.46. The van der Waals surface area contributed by atoms with Crippen LogP contribution in [0.3, 0.4) is 0 Å². The number of nitro benzene ring substituents is 1. The topological polar surface area (TPSA) is 127 Å². The van der Waals surface area contributed by atoms with Gasteiger partial charge in [-0.2, -0.15) is 0 Å². The van der Waals surface area contributed by atoms with E-state index in [1.807, 2.05) is 0 Å². The molecule has 106 valence electrons. The summed E-state index contributed by atoms with van der Waals surface area (Å²) in [6.07, 6.45) is 0. The second-order valence-electron chi connectivity index (χ2n) is 3.75. The zero-order chi connectivity index (χ0) is 15.4. The van der Waals surface area contributed by atoms with E-state index in [0.717, 1.165) is 25.3 Å². The number of aromatic carboxylic acids is 1. The van der Waals surface area contributed by atoms with Crippen LogP contribution in [0, 0.1) is 10.1 Å². The number of methoxy groups -OCH3 is 1. The van der Waals surface area contributed by atoms with Crippen molar-refractivity contribution in [2.75, 3.05) is 7.11 Å². The highest BCUT2D eigenvalue weighted by atomic mass is 16.6. The van der Waals surface area contributed by atoms with Crippen molar-refractivity contribution in [1.29, 1.82) is 0 Å². The molecule has 1 aromatic carbocycles. The number of nitro groups is 1. The zero-order valence-electron chi connectivity index (χ0n) is 10.6. The van der Waals surface area contributed by atoms with Crippen molar-refractivity contribution < 1.29 is 29.5 Å². The number of aliphatic hydroxyl groups is 1. The van der Waals surface area contributed by atoms with Gasteiger partial charge in [0.05, 0.1) is 23.2 Å². The molecule has 8 nitrogen and oxygen atoms in total. The molecule has 8 heteroatoms. The van der Waals surface area contributed by atoms with Crippen LogP contribution in [-0.4, -0.2) is 34.2 Å². The van der Waals surface area contributed by atoms with Crippen LogP contribution < -0.4 is 0 Å². The van der Waals surface area contributed by atoms with Crippen LogP contribution in [0.5, 0.6) is 0 Å². The molecule has 20 heavy (non-hydrogen) atoms. The summed E-state index contributed by atoms with van der Waals surface area (Å²) in [5, 5.41) is 29.3. The molecule has 0 saturated heterocycles. The minimum Gasteiger partial charge on any atom is -0.512 e. The molecule has 0 unspecified atom stereocenters. The molecular weight excluding hydrogens is 270 g/mol. The number of carboxylic acids is 1. The summed E-state index contributed by atoms with van der Waals surface area (Å²) in [7, 11) is 1.06. The van der Waals surface area contributed by atoms with E-state index in [0.29, 0.717) is 0 Å². The van der Waals surface area contributed by atoms with Crippen LogP contribution >= 0.6 is 0 Å². The minimum atomic E-state index is -1.34. The lowest BCUT2D eigenvalue weighted by atomic mass is 10.0. The van der Waals surface area contributed by atoms with Gasteiger partial charge in [-0.3, -0.25) is 10.1 Å². The molecule has 0 fully saturated rings. The highest BCUT2D eigenvalue weighted by Crippen LogP contribution is 2.29. The summed E-state index contributed by atoms with van der Waals surface area (Å²) in [5.41, 5.74) is -1.53. The molecule has 0 spiro atoms. The number of hydrogen-bond acceptors (Lipinski definition) is 6. The largest absolute Gasteiger partial charge is 0.512 e. The summed E-state index contributed by atoms with van der Waals surface area (Å²) in [6.45, 7) is 1.17. The highest BCUT2D eigenvalue weighted by molar-refractivity contribution is 6.18. The Morgan fingerprint density at radius 1 is 1.30 bits per heavy atom. The SMILES string of the molecule is COC(=O)/C(=C(/C)O)c1ccc(C(=O)O)cc1[N+](=O)[O-]. The van der Waals surface area contributed by atoms with Crippen molar-refractivity contribution in [2.45, 2.75) is 6.92 Å². The molecule has 0 aliphatic rings. The van der Waals surface area contributed by atoms with Crippen LogP contribution in [0.15, 0.2) is 24.0 Å². The van der Waals surface area contributed by atoms with E-state index in [1.54, 1.807) is 0 Å². The zero-order valence-corrected chi connectivity index (χ0v) is 10.6. The minimum absolute atomic E-state index is 0.216. The lowest BCUT2D eigenvalue weighted by molar-refractivity contribution is -0.385. The molecule has 0 bridgehead atoms. The first-order chi connectivity index (χ1) is 9.29. The van der Waals surface area contributed by atoms with Gasteiger partial charge in [-0.1, -0.05) is 0 Å². The van der Waals surface area contributed by atoms with Gasteiger partial charge in [0.15, 0.2) is 0 Å². The van der Waals surface area contributed by atoms with E-state index in [1.165, 1.54) is 6.92 Å². The molecule has 0 amide bonds. The van der Waals surface area contributed by atoms with Gasteiger partial charge in [-0.25, -0.2) is 9.59 Å². The van der Waals surface area contributed by atoms with Crippen LogP contribution in [0.2, 0.25) is 0 Å². The number of carbonyl (C=O) groups excluding carboxylic acids is 1. The van der Waals surface area contributed by atoms with E-state index >= 15 is 0 Å². The average Bonchev–Trinajstić information content (AvgIpc) is 2.38. The third kappa shape index (κ3) is 2.91. The van der Waals surface area contributed by atoms with E-state index in [2.05, 4.69) is 4.74 Å². The van der Waals surface area contributed by atoms with Crippen molar-refractivity contribution in [3.05, 3.63) is 45.2 Å². The molecule has 2 N–H and O–H groups in total.